The molecule has 2 aromatic carbocycles. The maximum atomic E-state index is 12.6. The van der Waals surface area contributed by atoms with Crippen molar-refractivity contribution in [2.75, 3.05) is 4.90 Å². The van der Waals surface area contributed by atoms with E-state index in [1.807, 2.05) is 6.92 Å². The summed E-state index contributed by atoms with van der Waals surface area (Å²) in [5.41, 5.74) is 1.89. The maximum absolute atomic E-state index is 12.6. The van der Waals surface area contributed by atoms with E-state index in [-0.39, 0.29) is 0 Å². The fourth-order valence-electron chi connectivity index (χ4n) is 2.38. The lowest BCUT2D eigenvalue weighted by Crippen LogP contribution is -2.58. The van der Waals surface area contributed by atoms with E-state index in [2.05, 4.69) is 10.3 Å². The van der Waals surface area contributed by atoms with Crippen LogP contribution in [-0.4, -0.2) is 24.1 Å². The number of nitrogens with zero attached hydrogens (tertiary/aromatic N) is 2. The highest BCUT2D eigenvalue weighted by atomic mass is 35.5. The smallest absolute Gasteiger partial charge is 0.276 e. The van der Waals surface area contributed by atoms with Gasteiger partial charge in [-0.15, -0.1) is 0 Å². The van der Waals surface area contributed by atoms with Crippen LogP contribution < -0.4 is 10.2 Å². The highest BCUT2D eigenvalue weighted by Gasteiger charge is 2.40. The van der Waals surface area contributed by atoms with Crippen molar-refractivity contribution < 1.29 is 14.4 Å². The lowest BCUT2D eigenvalue weighted by atomic mass is 10.1. The lowest BCUT2D eigenvalue weighted by molar-refractivity contribution is -0.131. The molecule has 0 bridgehead atoms. The number of carbonyl (C=O) groups is 3. The molecule has 0 saturated carbocycles. The molecular weight excluding hydrogens is 342 g/mol. The van der Waals surface area contributed by atoms with Gasteiger partial charge in [-0.1, -0.05) is 35.4 Å². The molecule has 1 heterocycles. The van der Waals surface area contributed by atoms with Gasteiger partial charge in [0.25, 0.3) is 5.91 Å². The summed E-state index contributed by atoms with van der Waals surface area (Å²) >= 11 is 5.89. The van der Waals surface area contributed by atoms with Crippen LogP contribution in [0.3, 0.4) is 0 Å². The number of rotatable bonds is 3. The number of aryl methyl sites for hydroxylation is 1. The van der Waals surface area contributed by atoms with E-state index >= 15 is 0 Å². The third-order valence-electron chi connectivity index (χ3n) is 3.68. The third kappa shape index (κ3) is 3.59. The van der Waals surface area contributed by atoms with Crippen LogP contribution in [0, 0.1) is 12.8 Å². The molecule has 1 aliphatic rings. The predicted molar refractivity (Wildman–Crippen MR) is 95.3 cm³/mol. The molecule has 1 N–H and O–H groups in total. The summed E-state index contributed by atoms with van der Waals surface area (Å²) in [6, 6.07) is 12.8. The molecule has 7 heteroatoms. The zero-order valence-electron chi connectivity index (χ0n) is 13.3. The molecule has 1 atom stereocenters. The predicted octanol–water partition coefficient (Wildman–Crippen LogP) is 3.25. The van der Waals surface area contributed by atoms with Gasteiger partial charge in [0.2, 0.25) is 5.91 Å². The van der Waals surface area contributed by atoms with Crippen molar-refractivity contribution in [1.82, 2.24) is 5.32 Å². The number of barbiturate groups is 1. The first-order valence-electron chi connectivity index (χ1n) is 7.51. The Morgan fingerprint density at radius 1 is 1.12 bits per heavy atom. The van der Waals surface area contributed by atoms with Crippen molar-refractivity contribution in [3.8, 4) is 0 Å². The molecule has 0 aliphatic carbocycles. The van der Waals surface area contributed by atoms with Crippen LogP contribution in [0.5, 0.6) is 0 Å². The van der Waals surface area contributed by atoms with E-state index in [4.69, 9.17) is 11.6 Å². The van der Waals surface area contributed by atoms with Gasteiger partial charge in [0, 0.05) is 11.2 Å². The molecule has 3 rings (SSSR count). The summed E-state index contributed by atoms with van der Waals surface area (Å²) in [7, 11) is 0. The summed E-state index contributed by atoms with van der Waals surface area (Å²) < 4.78 is 0. The molecular formula is C18H14ClN3O3. The number of anilines is 1. The number of hydrogen-bond donors (Lipinski definition) is 1. The summed E-state index contributed by atoms with van der Waals surface area (Å²) in [5, 5.41) is 2.67. The first-order chi connectivity index (χ1) is 12.0. The number of aliphatic imine (C=N–C) groups is 1. The monoisotopic (exact) mass is 355 g/mol. The number of carbonyl (C=O) groups excluding carboxylic acids is 3. The Labute approximate surface area is 149 Å². The number of urea groups is 1. The minimum atomic E-state index is -1.20. The number of imide groups is 2. The van der Waals surface area contributed by atoms with Gasteiger partial charge in [-0.05, 0) is 37.3 Å². The second-order valence-corrected chi connectivity index (χ2v) is 5.98. The van der Waals surface area contributed by atoms with Gasteiger partial charge in [0.15, 0.2) is 5.92 Å². The molecule has 0 spiro atoms. The van der Waals surface area contributed by atoms with Crippen LogP contribution in [-0.2, 0) is 9.59 Å². The van der Waals surface area contributed by atoms with Gasteiger partial charge in [0.1, 0.15) is 0 Å². The van der Waals surface area contributed by atoms with Crippen LogP contribution in [0.2, 0.25) is 5.02 Å². The van der Waals surface area contributed by atoms with Crippen LogP contribution >= 0.6 is 11.6 Å². The number of hydrogen-bond acceptors (Lipinski definition) is 4. The third-order valence-corrected chi connectivity index (χ3v) is 3.91. The minimum Gasteiger partial charge on any atom is -0.276 e. The Balaban J connectivity index is 1.89. The largest absolute Gasteiger partial charge is 0.335 e. The highest BCUT2D eigenvalue weighted by Crippen LogP contribution is 2.22. The molecule has 0 radical (unpaired) electrons. The molecule has 1 aliphatic heterocycles. The minimum absolute atomic E-state index is 0.391. The summed E-state index contributed by atoms with van der Waals surface area (Å²) in [6.45, 7) is 1.89. The van der Waals surface area contributed by atoms with Crippen molar-refractivity contribution in [3.63, 3.8) is 0 Å². The van der Waals surface area contributed by atoms with Crippen LogP contribution in [0.4, 0.5) is 16.2 Å². The SMILES string of the molecule is Cc1ccc(N2C(=O)NC(=O)[C@H](C=Nc3cccc(Cl)c3)C2=O)cc1. The van der Waals surface area contributed by atoms with Crippen molar-refractivity contribution in [2.45, 2.75) is 6.92 Å². The summed E-state index contributed by atoms with van der Waals surface area (Å²) in [6.07, 6.45) is 1.22. The number of amides is 4. The Morgan fingerprint density at radius 3 is 2.52 bits per heavy atom. The van der Waals surface area contributed by atoms with E-state index in [1.165, 1.54) is 6.21 Å². The average Bonchev–Trinajstić information content (AvgIpc) is 2.56. The van der Waals surface area contributed by atoms with Crippen LogP contribution in [0.1, 0.15) is 5.56 Å². The van der Waals surface area contributed by atoms with Gasteiger partial charge in [-0.25, -0.2) is 9.69 Å². The van der Waals surface area contributed by atoms with E-state index in [1.54, 1.807) is 48.5 Å². The van der Waals surface area contributed by atoms with Gasteiger partial charge < -0.3 is 0 Å². The normalized spacial score (nSPS) is 17.9. The Hall–Kier alpha value is -2.99. The fourth-order valence-corrected chi connectivity index (χ4v) is 2.56. The molecule has 126 valence electrons. The number of benzene rings is 2. The van der Waals surface area contributed by atoms with E-state index in [0.29, 0.717) is 16.4 Å². The Morgan fingerprint density at radius 2 is 1.84 bits per heavy atom. The quantitative estimate of drug-likeness (QED) is 0.678. The molecule has 25 heavy (non-hydrogen) atoms. The molecule has 6 nitrogen and oxygen atoms in total. The van der Waals surface area contributed by atoms with E-state index in [0.717, 1.165) is 10.5 Å². The van der Waals surface area contributed by atoms with Crippen molar-refractivity contribution >= 4 is 47.0 Å². The molecule has 1 fully saturated rings. The molecule has 0 aromatic heterocycles. The Bertz CT molecular complexity index is 877. The van der Waals surface area contributed by atoms with Crippen LogP contribution in [0.15, 0.2) is 53.5 Å². The van der Waals surface area contributed by atoms with E-state index < -0.39 is 23.8 Å². The lowest BCUT2D eigenvalue weighted by Gasteiger charge is -2.28. The second-order valence-electron chi connectivity index (χ2n) is 5.54. The van der Waals surface area contributed by atoms with Gasteiger partial charge in [0.05, 0.1) is 11.4 Å². The van der Waals surface area contributed by atoms with Crippen molar-refractivity contribution in [1.29, 1.82) is 0 Å². The zero-order valence-corrected chi connectivity index (χ0v) is 14.0. The van der Waals surface area contributed by atoms with Gasteiger partial charge in [-0.3, -0.25) is 19.9 Å². The topological polar surface area (TPSA) is 78.8 Å². The summed E-state index contributed by atoms with van der Waals surface area (Å²) in [4.78, 5) is 41.8. The summed E-state index contributed by atoms with van der Waals surface area (Å²) in [5.74, 6) is -2.55. The molecule has 2 aromatic rings. The first-order valence-corrected chi connectivity index (χ1v) is 7.89. The standard InChI is InChI=1S/C18H14ClN3O3/c1-11-5-7-14(8-6-11)22-17(24)15(16(23)21-18(22)25)10-20-13-4-2-3-12(19)9-13/h2-10,15H,1H3,(H,21,23,25)/t15-/m0/s1. The van der Waals surface area contributed by atoms with E-state index in [9.17, 15) is 14.4 Å². The van der Waals surface area contributed by atoms with Crippen molar-refractivity contribution in [2.24, 2.45) is 10.9 Å². The maximum Gasteiger partial charge on any atom is 0.335 e. The zero-order chi connectivity index (χ0) is 18.0. The number of halogens is 1. The molecule has 0 unspecified atom stereocenters. The Kier molecular flexibility index (Phi) is 4.63. The van der Waals surface area contributed by atoms with Gasteiger partial charge in [-0.2, -0.15) is 0 Å². The number of nitrogens with one attached hydrogen (secondary N) is 1. The van der Waals surface area contributed by atoms with Crippen molar-refractivity contribution in [3.05, 3.63) is 59.1 Å². The first kappa shape index (κ1) is 16.9. The fraction of sp³-hybridized carbons (Fsp3) is 0.111. The van der Waals surface area contributed by atoms with Gasteiger partial charge >= 0.3 is 6.03 Å². The van der Waals surface area contributed by atoms with Crippen LogP contribution in [0.25, 0.3) is 0 Å². The molecule has 1 saturated heterocycles. The second kappa shape index (κ2) is 6.86. The molecule has 4 amide bonds. The highest BCUT2D eigenvalue weighted by molar-refractivity contribution is 6.33. The average molecular weight is 356 g/mol.